The molecule has 0 atom stereocenters. The van der Waals surface area contributed by atoms with Gasteiger partial charge in [-0.1, -0.05) is 20.8 Å². The van der Waals surface area contributed by atoms with Crippen molar-refractivity contribution < 1.29 is 4.39 Å². The van der Waals surface area contributed by atoms with Crippen LogP contribution in [0.4, 0.5) is 4.39 Å². The molecule has 0 unspecified atom stereocenters. The standard InChI is InChI=1S/C18H26FN3/c1-5-8-22(4)12-16-11-20-21-18(16)14-6-7-17(19)15(10-14)9-13(2)3/h6-7,10-11,13H,5,8-9,12H2,1-4H3,(H,20,21). The Labute approximate surface area is 132 Å². The number of H-pyrrole nitrogens is 1. The zero-order chi connectivity index (χ0) is 16.1. The second-order valence-corrected chi connectivity index (χ2v) is 6.40. The van der Waals surface area contributed by atoms with E-state index < -0.39 is 0 Å². The second kappa shape index (κ2) is 7.54. The molecule has 0 saturated carbocycles. The smallest absolute Gasteiger partial charge is 0.126 e. The van der Waals surface area contributed by atoms with E-state index >= 15 is 0 Å². The molecule has 1 aromatic heterocycles. The largest absolute Gasteiger partial charge is 0.302 e. The quantitative estimate of drug-likeness (QED) is 0.829. The summed E-state index contributed by atoms with van der Waals surface area (Å²) in [6.07, 6.45) is 3.81. The summed E-state index contributed by atoms with van der Waals surface area (Å²) in [7, 11) is 2.11. The van der Waals surface area contributed by atoms with Crippen LogP contribution in [-0.2, 0) is 13.0 Å². The van der Waals surface area contributed by atoms with Gasteiger partial charge < -0.3 is 4.90 Å². The van der Waals surface area contributed by atoms with E-state index in [0.29, 0.717) is 5.92 Å². The van der Waals surface area contributed by atoms with E-state index in [-0.39, 0.29) is 5.82 Å². The van der Waals surface area contributed by atoms with Crippen LogP contribution in [0, 0.1) is 11.7 Å². The predicted molar refractivity (Wildman–Crippen MR) is 89.1 cm³/mol. The Kier molecular flexibility index (Phi) is 5.72. The van der Waals surface area contributed by atoms with Gasteiger partial charge in [0.05, 0.1) is 5.69 Å². The van der Waals surface area contributed by atoms with Crippen molar-refractivity contribution in [1.29, 1.82) is 0 Å². The number of nitrogens with zero attached hydrogens (tertiary/aromatic N) is 2. The topological polar surface area (TPSA) is 31.9 Å². The van der Waals surface area contributed by atoms with E-state index in [2.05, 4.69) is 42.9 Å². The number of rotatable bonds is 7. The molecule has 0 aliphatic heterocycles. The van der Waals surface area contributed by atoms with E-state index in [0.717, 1.165) is 48.3 Å². The SMILES string of the molecule is CCCN(C)Cc1c[nH]nc1-c1ccc(F)c(CC(C)C)c1. The number of hydrogen-bond acceptors (Lipinski definition) is 2. The molecule has 0 aliphatic carbocycles. The van der Waals surface area contributed by atoms with Crippen LogP contribution in [0.15, 0.2) is 24.4 Å². The van der Waals surface area contributed by atoms with E-state index in [1.807, 2.05) is 18.3 Å². The van der Waals surface area contributed by atoms with Gasteiger partial charge in [0, 0.05) is 23.9 Å². The highest BCUT2D eigenvalue weighted by atomic mass is 19.1. The predicted octanol–water partition coefficient (Wildman–Crippen LogP) is 4.26. The molecule has 1 N–H and O–H groups in total. The van der Waals surface area contributed by atoms with Crippen molar-refractivity contribution in [3.63, 3.8) is 0 Å². The van der Waals surface area contributed by atoms with Crippen LogP contribution in [0.25, 0.3) is 11.3 Å². The van der Waals surface area contributed by atoms with Crippen molar-refractivity contribution in [2.75, 3.05) is 13.6 Å². The van der Waals surface area contributed by atoms with Crippen molar-refractivity contribution in [3.8, 4) is 11.3 Å². The zero-order valence-corrected chi connectivity index (χ0v) is 14.0. The Morgan fingerprint density at radius 1 is 1.27 bits per heavy atom. The summed E-state index contributed by atoms with van der Waals surface area (Å²) in [5, 5.41) is 7.32. The van der Waals surface area contributed by atoms with Crippen LogP contribution in [0.3, 0.4) is 0 Å². The lowest BCUT2D eigenvalue weighted by molar-refractivity contribution is 0.328. The summed E-state index contributed by atoms with van der Waals surface area (Å²) in [4.78, 5) is 2.27. The van der Waals surface area contributed by atoms with Gasteiger partial charge in [-0.2, -0.15) is 5.10 Å². The molecule has 1 heterocycles. The van der Waals surface area contributed by atoms with E-state index in [4.69, 9.17) is 0 Å². The fourth-order valence-electron chi connectivity index (χ4n) is 2.76. The molecule has 0 spiro atoms. The van der Waals surface area contributed by atoms with Crippen LogP contribution in [0.1, 0.15) is 38.3 Å². The number of benzene rings is 1. The van der Waals surface area contributed by atoms with Crippen molar-refractivity contribution >= 4 is 0 Å². The second-order valence-electron chi connectivity index (χ2n) is 6.40. The third kappa shape index (κ3) is 4.17. The van der Waals surface area contributed by atoms with Crippen LogP contribution in [0.5, 0.6) is 0 Å². The summed E-state index contributed by atoms with van der Waals surface area (Å²) in [5.74, 6) is 0.303. The van der Waals surface area contributed by atoms with Crippen LogP contribution >= 0.6 is 0 Å². The van der Waals surface area contributed by atoms with Gasteiger partial charge in [0.25, 0.3) is 0 Å². The number of aromatic amines is 1. The summed E-state index contributed by atoms with van der Waals surface area (Å²) in [6, 6.07) is 5.31. The third-order valence-corrected chi connectivity index (χ3v) is 3.71. The van der Waals surface area contributed by atoms with E-state index in [1.54, 1.807) is 6.07 Å². The number of nitrogens with one attached hydrogen (secondary N) is 1. The van der Waals surface area contributed by atoms with Crippen molar-refractivity contribution in [1.82, 2.24) is 15.1 Å². The molecule has 0 radical (unpaired) electrons. The Balaban J connectivity index is 2.27. The molecule has 22 heavy (non-hydrogen) atoms. The van der Waals surface area contributed by atoms with Gasteiger partial charge in [0.2, 0.25) is 0 Å². The van der Waals surface area contributed by atoms with Gasteiger partial charge in [-0.25, -0.2) is 4.39 Å². The Morgan fingerprint density at radius 2 is 2.05 bits per heavy atom. The van der Waals surface area contributed by atoms with Gasteiger partial charge in [-0.05, 0) is 56.1 Å². The average molecular weight is 303 g/mol. The minimum absolute atomic E-state index is 0.127. The summed E-state index contributed by atoms with van der Waals surface area (Å²) < 4.78 is 13.9. The highest BCUT2D eigenvalue weighted by Crippen LogP contribution is 2.25. The van der Waals surface area contributed by atoms with Gasteiger partial charge >= 0.3 is 0 Å². The van der Waals surface area contributed by atoms with E-state index in [9.17, 15) is 4.39 Å². The maximum atomic E-state index is 13.9. The third-order valence-electron chi connectivity index (χ3n) is 3.71. The van der Waals surface area contributed by atoms with Crippen LogP contribution in [0.2, 0.25) is 0 Å². The lowest BCUT2D eigenvalue weighted by Crippen LogP contribution is -2.18. The summed E-state index contributed by atoms with van der Waals surface area (Å²) in [6.45, 7) is 8.27. The average Bonchev–Trinajstić information content (AvgIpc) is 2.89. The van der Waals surface area contributed by atoms with Crippen molar-refractivity contribution in [2.45, 2.75) is 40.2 Å². The Hall–Kier alpha value is -1.68. The first kappa shape index (κ1) is 16.7. The molecular weight excluding hydrogens is 277 g/mol. The monoisotopic (exact) mass is 303 g/mol. The summed E-state index contributed by atoms with van der Waals surface area (Å²) in [5.41, 5.74) is 3.83. The highest BCUT2D eigenvalue weighted by Gasteiger charge is 2.13. The van der Waals surface area contributed by atoms with Gasteiger partial charge in [-0.3, -0.25) is 5.10 Å². The van der Waals surface area contributed by atoms with Crippen LogP contribution in [-0.4, -0.2) is 28.7 Å². The van der Waals surface area contributed by atoms with Crippen molar-refractivity contribution in [3.05, 3.63) is 41.3 Å². The molecule has 1 aromatic carbocycles. The maximum absolute atomic E-state index is 13.9. The number of aromatic nitrogens is 2. The highest BCUT2D eigenvalue weighted by molar-refractivity contribution is 5.63. The molecule has 0 bridgehead atoms. The molecule has 3 nitrogen and oxygen atoms in total. The lowest BCUT2D eigenvalue weighted by Gasteiger charge is -2.15. The van der Waals surface area contributed by atoms with Gasteiger partial charge in [0.15, 0.2) is 0 Å². The Bertz CT molecular complexity index is 604. The fraction of sp³-hybridized carbons (Fsp3) is 0.500. The van der Waals surface area contributed by atoms with Gasteiger partial charge in [0.1, 0.15) is 5.82 Å². The normalized spacial score (nSPS) is 11.6. The molecule has 4 heteroatoms. The molecule has 0 fully saturated rings. The first-order valence-electron chi connectivity index (χ1n) is 8.01. The zero-order valence-electron chi connectivity index (χ0n) is 14.0. The van der Waals surface area contributed by atoms with Crippen LogP contribution < -0.4 is 0 Å². The molecule has 0 saturated heterocycles. The van der Waals surface area contributed by atoms with Crippen molar-refractivity contribution in [2.24, 2.45) is 5.92 Å². The van der Waals surface area contributed by atoms with Gasteiger partial charge in [-0.15, -0.1) is 0 Å². The molecular formula is C18H26FN3. The first-order valence-corrected chi connectivity index (χ1v) is 8.01. The number of halogens is 1. The summed E-state index contributed by atoms with van der Waals surface area (Å²) >= 11 is 0. The molecule has 0 aliphatic rings. The first-order chi connectivity index (χ1) is 10.5. The molecule has 2 aromatic rings. The Morgan fingerprint density at radius 3 is 2.73 bits per heavy atom. The molecule has 0 amide bonds. The molecule has 2 rings (SSSR count). The number of hydrogen-bond donors (Lipinski definition) is 1. The fourth-order valence-corrected chi connectivity index (χ4v) is 2.76. The minimum atomic E-state index is -0.127. The lowest BCUT2D eigenvalue weighted by atomic mass is 9.98. The van der Waals surface area contributed by atoms with E-state index in [1.165, 1.54) is 0 Å². The maximum Gasteiger partial charge on any atom is 0.126 e. The molecule has 120 valence electrons. The minimum Gasteiger partial charge on any atom is -0.302 e.